The van der Waals surface area contributed by atoms with E-state index in [-0.39, 0.29) is 17.3 Å². The van der Waals surface area contributed by atoms with E-state index in [9.17, 15) is 14.9 Å². The Hall–Kier alpha value is -3.80. The third-order valence-corrected chi connectivity index (χ3v) is 4.91. The molecule has 0 aliphatic rings. The molecule has 4 N–H and O–H groups in total. The average molecular weight is 429 g/mol. The molecule has 3 rings (SSSR count). The van der Waals surface area contributed by atoms with Gasteiger partial charge in [-0.05, 0) is 36.4 Å². The second-order valence-electron chi connectivity index (χ2n) is 5.99. The van der Waals surface area contributed by atoms with Crippen LogP contribution in [0.4, 0.5) is 17.1 Å². The number of amides is 1. The zero-order valence-electron chi connectivity index (χ0n) is 15.9. The van der Waals surface area contributed by atoms with Gasteiger partial charge in [-0.15, -0.1) is 10.2 Å². The predicted molar refractivity (Wildman–Crippen MR) is 113 cm³/mol. The van der Waals surface area contributed by atoms with Crippen molar-refractivity contribution in [1.29, 1.82) is 0 Å². The van der Waals surface area contributed by atoms with E-state index in [0.29, 0.717) is 23.2 Å². The van der Waals surface area contributed by atoms with Gasteiger partial charge in [0.25, 0.3) is 5.69 Å². The first-order valence-electron chi connectivity index (χ1n) is 8.70. The summed E-state index contributed by atoms with van der Waals surface area (Å²) in [5.74, 6) is 7.03. The number of methoxy groups -OCH3 is 1. The van der Waals surface area contributed by atoms with Crippen LogP contribution in [0.5, 0.6) is 5.75 Å². The van der Waals surface area contributed by atoms with E-state index >= 15 is 0 Å². The first kappa shape index (κ1) is 20.9. The van der Waals surface area contributed by atoms with E-state index in [0.717, 1.165) is 23.2 Å². The number of nitrogen functional groups attached to an aromatic ring is 1. The number of nitrogens with two attached hydrogens (primary N) is 1. The van der Waals surface area contributed by atoms with E-state index in [1.165, 1.54) is 28.9 Å². The lowest BCUT2D eigenvalue weighted by Crippen LogP contribution is -2.18. The van der Waals surface area contributed by atoms with E-state index < -0.39 is 4.92 Å². The Morgan fingerprint density at radius 1 is 1.17 bits per heavy atom. The quantitative estimate of drug-likeness (QED) is 0.201. The molecule has 0 spiro atoms. The minimum atomic E-state index is -0.503. The Morgan fingerprint density at radius 2 is 1.83 bits per heavy atom. The monoisotopic (exact) mass is 429 g/mol. The Balaban J connectivity index is 1.50. The van der Waals surface area contributed by atoms with Crippen LogP contribution in [0.25, 0.3) is 0 Å². The van der Waals surface area contributed by atoms with Crippen molar-refractivity contribution in [3.63, 3.8) is 0 Å². The maximum atomic E-state index is 12.1. The molecule has 1 aromatic heterocycles. The highest BCUT2D eigenvalue weighted by Gasteiger charge is 2.13. The van der Waals surface area contributed by atoms with Crippen LogP contribution in [0.15, 0.2) is 53.7 Å². The van der Waals surface area contributed by atoms with Gasteiger partial charge in [-0.2, -0.15) is 0 Å². The molecule has 1 heterocycles. The Kier molecular flexibility index (Phi) is 6.70. The summed E-state index contributed by atoms with van der Waals surface area (Å²) in [5.41, 5.74) is 1.29. The lowest BCUT2D eigenvalue weighted by atomic mass is 10.3. The first-order chi connectivity index (χ1) is 14.5. The average Bonchev–Trinajstić information content (AvgIpc) is 3.11. The highest BCUT2D eigenvalue weighted by molar-refractivity contribution is 7.99. The lowest BCUT2D eigenvalue weighted by molar-refractivity contribution is -0.384. The number of hydrogen-bond donors (Lipinski definition) is 3. The molecule has 0 bridgehead atoms. The summed E-state index contributed by atoms with van der Waals surface area (Å²) < 4.78 is 6.44. The fraction of sp³-hybridized carbons (Fsp3) is 0.167. The molecule has 0 atom stereocenters. The second-order valence-corrected chi connectivity index (χ2v) is 6.93. The fourth-order valence-electron chi connectivity index (χ4n) is 2.41. The van der Waals surface area contributed by atoms with Crippen molar-refractivity contribution in [3.8, 4) is 5.75 Å². The molecule has 12 heteroatoms. The number of non-ortho nitro benzene ring substituents is 1. The molecule has 3 aromatic rings. The third-order valence-electron chi connectivity index (χ3n) is 3.97. The van der Waals surface area contributed by atoms with E-state index in [1.807, 2.05) is 24.3 Å². The van der Waals surface area contributed by atoms with Gasteiger partial charge in [-0.3, -0.25) is 14.9 Å². The first-order valence-corrected chi connectivity index (χ1v) is 9.69. The number of carbonyl (C=O) groups is 1. The number of carbonyl (C=O) groups excluding carboxylic acids is 1. The number of thioether (sulfide) groups is 1. The predicted octanol–water partition coefficient (Wildman–Crippen LogP) is 2.25. The SMILES string of the molecule is COc1ccc(NCc2nnc(SCC(=O)Nc3ccc([N+](=O)[O-])cc3)n2N)cc1. The highest BCUT2D eigenvalue weighted by atomic mass is 32.2. The molecule has 0 saturated carbocycles. The molecule has 2 aromatic carbocycles. The molecule has 156 valence electrons. The van der Waals surface area contributed by atoms with Crippen molar-refractivity contribution in [2.24, 2.45) is 0 Å². The molecular weight excluding hydrogens is 410 g/mol. The third kappa shape index (κ3) is 5.38. The molecule has 0 unspecified atom stereocenters. The Morgan fingerprint density at radius 3 is 2.47 bits per heavy atom. The number of nitrogens with one attached hydrogen (secondary N) is 2. The van der Waals surface area contributed by atoms with Crippen LogP contribution in [0.2, 0.25) is 0 Å². The molecule has 30 heavy (non-hydrogen) atoms. The number of benzene rings is 2. The molecule has 0 saturated heterocycles. The zero-order chi connectivity index (χ0) is 21.5. The van der Waals surface area contributed by atoms with Gasteiger partial charge in [0, 0.05) is 23.5 Å². The smallest absolute Gasteiger partial charge is 0.269 e. The molecular formula is C18H19N7O4S. The van der Waals surface area contributed by atoms with Crippen LogP contribution in [0.1, 0.15) is 5.82 Å². The largest absolute Gasteiger partial charge is 0.497 e. The lowest BCUT2D eigenvalue weighted by Gasteiger charge is -2.08. The maximum Gasteiger partial charge on any atom is 0.269 e. The normalized spacial score (nSPS) is 10.4. The number of nitrogens with zero attached hydrogens (tertiary/aromatic N) is 4. The van der Waals surface area contributed by atoms with Crippen LogP contribution >= 0.6 is 11.8 Å². The van der Waals surface area contributed by atoms with Crippen molar-refractivity contribution in [2.75, 3.05) is 29.3 Å². The van der Waals surface area contributed by atoms with Crippen molar-refractivity contribution in [2.45, 2.75) is 11.7 Å². The van der Waals surface area contributed by atoms with Crippen molar-refractivity contribution < 1.29 is 14.5 Å². The summed E-state index contributed by atoms with van der Waals surface area (Å²) in [6.07, 6.45) is 0. The van der Waals surface area contributed by atoms with Gasteiger partial charge >= 0.3 is 0 Å². The zero-order valence-corrected chi connectivity index (χ0v) is 16.8. The number of anilines is 2. The topological polar surface area (TPSA) is 150 Å². The Labute approximate surface area is 175 Å². The van der Waals surface area contributed by atoms with Crippen molar-refractivity contribution >= 4 is 34.7 Å². The minimum absolute atomic E-state index is 0.0469. The van der Waals surface area contributed by atoms with Crippen LogP contribution < -0.4 is 21.2 Å². The van der Waals surface area contributed by atoms with Gasteiger partial charge < -0.3 is 21.2 Å². The van der Waals surface area contributed by atoms with Crippen LogP contribution in [0, 0.1) is 10.1 Å². The number of nitro benzene ring substituents is 1. The van der Waals surface area contributed by atoms with Crippen molar-refractivity contribution in [3.05, 3.63) is 64.5 Å². The molecule has 11 nitrogen and oxygen atoms in total. The molecule has 1 amide bonds. The van der Waals surface area contributed by atoms with E-state index in [4.69, 9.17) is 10.6 Å². The van der Waals surface area contributed by atoms with Gasteiger partial charge in [0.2, 0.25) is 11.1 Å². The van der Waals surface area contributed by atoms with Crippen LogP contribution in [-0.4, -0.2) is 38.6 Å². The highest BCUT2D eigenvalue weighted by Crippen LogP contribution is 2.19. The van der Waals surface area contributed by atoms with Gasteiger partial charge in [0.1, 0.15) is 5.75 Å². The summed E-state index contributed by atoms with van der Waals surface area (Å²) in [6.45, 7) is 0.353. The van der Waals surface area contributed by atoms with Crippen molar-refractivity contribution in [1.82, 2.24) is 14.9 Å². The van der Waals surface area contributed by atoms with Gasteiger partial charge in [0.05, 0.1) is 24.3 Å². The number of hydrogen-bond acceptors (Lipinski definition) is 9. The van der Waals surface area contributed by atoms with Gasteiger partial charge in [-0.25, -0.2) is 4.68 Å². The van der Waals surface area contributed by atoms with E-state index in [1.54, 1.807) is 7.11 Å². The van der Waals surface area contributed by atoms with Crippen LogP contribution in [-0.2, 0) is 11.3 Å². The standard InChI is InChI=1S/C18H19N7O4S/c1-29-15-8-4-12(5-9-15)20-10-16-22-23-18(24(16)19)30-11-17(26)21-13-2-6-14(7-3-13)25(27)28/h2-9,20H,10-11,19H2,1H3,(H,21,26). The number of rotatable bonds is 9. The summed E-state index contributed by atoms with van der Waals surface area (Å²) >= 11 is 1.13. The molecule has 0 aliphatic carbocycles. The Bertz CT molecular complexity index is 1020. The summed E-state index contributed by atoms with van der Waals surface area (Å²) in [5, 5.41) is 24.9. The van der Waals surface area contributed by atoms with E-state index in [2.05, 4.69) is 20.8 Å². The van der Waals surface area contributed by atoms with Gasteiger partial charge in [0.15, 0.2) is 5.82 Å². The maximum absolute atomic E-state index is 12.1. The fourth-order valence-corrected chi connectivity index (χ4v) is 3.09. The summed E-state index contributed by atoms with van der Waals surface area (Å²) in [4.78, 5) is 22.3. The number of ether oxygens (including phenoxy) is 1. The van der Waals surface area contributed by atoms with Crippen LogP contribution in [0.3, 0.4) is 0 Å². The number of aromatic nitrogens is 3. The van der Waals surface area contributed by atoms with Gasteiger partial charge in [-0.1, -0.05) is 11.8 Å². The number of nitro groups is 1. The summed E-state index contributed by atoms with van der Waals surface area (Å²) in [7, 11) is 1.60. The summed E-state index contributed by atoms with van der Waals surface area (Å²) in [6, 6.07) is 13.0. The molecule has 0 fully saturated rings. The minimum Gasteiger partial charge on any atom is -0.497 e. The second kappa shape index (κ2) is 9.60. The molecule has 0 radical (unpaired) electrons. The molecule has 0 aliphatic heterocycles.